The van der Waals surface area contributed by atoms with Crippen molar-refractivity contribution in [1.29, 1.82) is 0 Å². The lowest BCUT2D eigenvalue weighted by Gasteiger charge is -2.22. The molecular weight excluding hydrogens is 182 g/mol. The molecule has 0 saturated carbocycles. The third-order valence-electron chi connectivity index (χ3n) is 2.04. The molecule has 0 aromatic carbocycles. The minimum atomic E-state index is -0.250. The van der Waals surface area contributed by atoms with Crippen LogP contribution in [-0.2, 0) is 14.4 Å². The molecule has 1 aliphatic heterocycles. The first kappa shape index (κ1) is 11.5. The van der Waals surface area contributed by atoms with Crippen LogP contribution in [0.1, 0.15) is 39.5 Å². The fourth-order valence-electron chi connectivity index (χ4n) is 1.35. The minimum absolute atomic E-state index is 0.0748. The van der Waals surface area contributed by atoms with Gasteiger partial charge in [-0.15, -0.1) is 0 Å². The van der Waals surface area contributed by atoms with Crippen LogP contribution in [0.5, 0.6) is 0 Å². The number of amides is 1. The Kier molecular flexibility index (Phi) is 4.90. The van der Waals surface area contributed by atoms with Gasteiger partial charge in [-0.3, -0.25) is 4.79 Å². The Hall–Kier alpha value is -0.610. The van der Waals surface area contributed by atoms with Crippen LogP contribution in [0.15, 0.2) is 0 Å². The zero-order valence-corrected chi connectivity index (χ0v) is 8.91. The van der Waals surface area contributed by atoms with Gasteiger partial charge in [0.2, 0.25) is 5.91 Å². The Balaban J connectivity index is 2.09. The summed E-state index contributed by atoms with van der Waals surface area (Å²) in [6.45, 7) is 4.72. The molecule has 1 fully saturated rings. The van der Waals surface area contributed by atoms with Crippen LogP contribution in [0.25, 0.3) is 0 Å². The van der Waals surface area contributed by atoms with Crippen LogP contribution in [0.3, 0.4) is 0 Å². The predicted octanol–water partition coefficient (Wildman–Crippen LogP) is 1.61. The molecule has 1 amide bonds. The normalized spacial score (nSPS) is 22.4. The standard InChI is InChI=1S/C10H19NO3/c1-8(2)7-9(12)11-14-10-5-3-4-6-13-10/h8,10H,3-7H2,1-2H3,(H,11,12). The second kappa shape index (κ2) is 5.98. The Bertz CT molecular complexity index is 176. The van der Waals surface area contributed by atoms with E-state index < -0.39 is 0 Å². The van der Waals surface area contributed by atoms with Crippen LogP contribution >= 0.6 is 0 Å². The molecule has 0 aliphatic carbocycles. The van der Waals surface area contributed by atoms with Gasteiger partial charge < -0.3 is 4.74 Å². The summed E-state index contributed by atoms with van der Waals surface area (Å²) < 4.78 is 5.30. The minimum Gasteiger partial charge on any atom is -0.350 e. The summed E-state index contributed by atoms with van der Waals surface area (Å²) in [5.41, 5.74) is 2.42. The summed E-state index contributed by atoms with van der Waals surface area (Å²) in [6, 6.07) is 0. The van der Waals surface area contributed by atoms with E-state index in [0.717, 1.165) is 25.9 Å². The number of hydrogen-bond donors (Lipinski definition) is 1. The van der Waals surface area contributed by atoms with Crippen LogP contribution in [0.4, 0.5) is 0 Å². The maximum absolute atomic E-state index is 11.2. The van der Waals surface area contributed by atoms with Crippen molar-refractivity contribution < 1.29 is 14.4 Å². The smallest absolute Gasteiger partial charge is 0.243 e. The lowest BCUT2D eigenvalue weighted by molar-refractivity contribution is -0.200. The van der Waals surface area contributed by atoms with Crippen LogP contribution < -0.4 is 5.48 Å². The number of carbonyl (C=O) groups is 1. The van der Waals surface area contributed by atoms with E-state index in [9.17, 15) is 4.79 Å². The summed E-state index contributed by atoms with van der Waals surface area (Å²) in [6.07, 6.45) is 3.29. The van der Waals surface area contributed by atoms with E-state index in [-0.39, 0.29) is 12.2 Å². The van der Waals surface area contributed by atoms with Gasteiger partial charge in [-0.2, -0.15) is 0 Å². The molecule has 4 heteroatoms. The van der Waals surface area contributed by atoms with Gasteiger partial charge in [0.25, 0.3) is 0 Å². The topological polar surface area (TPSA) is 47.6 Å². The molecule has 0 radical (unpaired) electrons. The molecular formula is C10H19NO3. The monoisotopic (exact) mass is 201 g/mol. The van der Waals surface area contributed by atoms with Crippen LogP contribution in [0, 0.1) is 5.92 Å². The number of ether oxygens (including phenoxy) is 1. The van der Waals surface area contributed by atoms with Crippen molar-refractivity contribution in [1.82, 2.24) is 5.48 Å². The van der Waals surface area contributed by atoms with Crippen molar-refractivity contribution >= 4 is 5.91 Å². The molecule has 1 rings (SSSR count). The number of hydrogen-bond acceptors (Lipinski definition) is 3. The molecule has 1 heterocycles. The van der Waals surface area contributed by atoms with Crippen molar-refractivity contribution in [2.45, 2.75) is 45.8 Å². The molecule has 1 saturated heterocycles. The van der Waals surface area contributed by atoms with Gasteiger partial charge in [-0.05, 0) is 18.8 Å². The molecule has 0 aromatic rings. The number of hydroxylamine groups is 1. The first-order valence-corrected chi connectivity index (χ1v) is 5.24. The first-order valence-electron chi connectivity index (χ1n) is 5.24. The molecule has 0 aromatic heterocycles. The number of nitrogens with one attached hydrogen (secondary N) is 1. The van der Waals surface area contributed by atoms with Crippen molar-refractivity contribution in [3.8, 4) is 0 Å². The summed E-state index contributed by atoms with van der Waals surface area (Å²) >= 11 is 0. The first-order chi connectivity index (χ1) is 6.68. The van der Waals surface area contributed by atoms with Gasteiger partial charge in [-0.1, -0.05) is 13.8 Å². The molecule has 1 aliphatic rings. The van der Waals surface area contributed by atoms with E-state index in [1.807, 2.05) is 13.8 Å². The SMILES string of the molecule is CC(C)CC(=O)NOC1CCCCO1. The molecule has 1 atom stereocenters. The van der Waals surface area contributed by atoms with E-state index in [4.69, 9.17) is 9.57 Å². The van der Waals surface area contributed by atoms with Crippen molar-refractivity contribution in [3.05, 3.63) is 0 Å². The fourth-order valence-corrected chi connectivity index (χ4v) is 1.35. The Morgan fingerprint density at radius 3 is 2.93 bits per heavy atom. The Labute approximate surface area is 84.9 Å². The van der Waals surface area contributed by atoms with Crippen molar-refractivity contribution in [2.24, 2.45) is 5.92 Å². The van der Waals surface area contributed by atoms with E-state index in [1.54, 1.807) is 0 Å². The van der Waals surface area contributed by atoms with Gasteiger partial charge >= 0.3 is 0 Å². The highest BCUT2D eigenvalue weighted by molar-refractivity contribution is 5.74. The average molecular weight is 201 g/mol. The van der Waals surface area contributed by atoms with E-state index in [1.165, 1.54) is 0 Å². The molecule has 1 N–H and O–H groups in total. The molecule has 14 heavy (non-hydrogen) atoms. The van der Waals surface area contributed by atoms with Gasteiger partial charge in [0.05, 0.1) is 0 Å². The van der Waals surface area contributed by atoms with Gasteiger partial charge in [0.1, 0.15) is 0 Å². The van der Waals surface area contributed by atoms with E-state index >= 15 is 0 Å². The largest absolute Gasteiger partial charge is 0.350 e. The van der Waals surface area contributed by atoms with Gasteiger partial charge in [-0.25, -0.2) is 10.3 Å². The van der Waals surface area contributed by atoms with E-state index in [2.05, 4.69) is 5.48 Å². The zero-order chi connectivity index (χ0) is 10.4. The van der Waals surface area contributed by atoms with Crippen molar-refractivity contribution in [2.75, 3.05) is 6.61 Å². The lowest BCUT2D eigenvalue weighted by atomic mass is 10.1. The Morgan fingerprint density at radius 1 is 1.57 bits per heavy atom. The number of rotatable bonds is 4. The summed E-state index contributed by atoms with van der Waals surface area (Å²) in [5.74, 6) is 0.278. The van der Waals surface area contributed by atoms with Crippen LogP contribution in [-0.4, -0.2) is 18.8 Å². The summed E-state index contributed by atoms with van der Waals surface area (Å²) in [7, 11) is 0. The molecule has 82 valence electrons. The number of carbonyl (C=O) groups excluding carboxylic acids is 1. The van der Waals surface area contributed by atoms with Gasteiger partial charge in [0.15, 0.2) is 6.29 Å². The zero-order valence-electron chi connectivity index (χ0n) is 8.91. The Morgan fingerprint density at radius 2 is 2.36 bits per heavy atom. The third-order valence-corrected chi connectivity index (χ3v) is 2.04. The highest BCUT2D eigenvalue weighted by Gasteiger charge is 2.15. The third kappa shape index (κ3) is 4.58. The highest BCUT2D eigenvalue weighted by Crippen LogP contribution is 2.12. The van der Waals surface area contributed by atoms with Crippen LogP contribution in [0.2, 0.25) is 0 Å². The predicted molar refractivity (Wildman–Crippen MR) is 52.3 cm³/mol. The summed E-state index contributed by atoms with van der Waals surface area (Å²) in [4.78, 5) is 16.3. The van der Waals surface area contributed by atoms with Crippen molar-refractivity contribution in [3.63, 3.8) is 0 Å². The average Bonchev–Trinajstić information content (AvgIpc) is 2.15. The van der Waals surface area contributed by atoms with E-state index in [0.29, 0.717) is 12.3 Å². The lowest BCUT2D eigenvalue weighted by Crippen LogP contribution is -2.33. The molecule has 0 spiro atoms. The second-order valence-electron chi connectivity index (χ2n) is 4.04. The summed E-state index contributed by atoms with van der Waals surface area (Å²) in [5, 5.41) is 0. The molecule has 4 nitrogen and oxygen atoms in total. The molecule has 1 unspecified atom stereocenters. The molecule has 0 bridgehead atoms. The highest BCUT2D eigenvalue weighted by atomic mass is 16.8. The van der Waals surface area contributed by atoms with Gasteiger partial charge in [0, 0.05) is 19.4 Å². The second-order valence-corrected chi connectivity index (χ2v) is 4.04. The maximum Gasteiger partial charge on any atom is 0.243 e. The maximum atomic E-state index is 11.2. The quantitative estimate of drug-likeness (QED) is 0.703. The fraction of sp³-hybridized carbons (Fsp3) is 0.900.